The fourth-order valence-electron chi connectivity index (χ4n) is 6.35. The van der Waals surface area contributed by atoms with Gasteiger partial charge >= 0.3 is 12.1 Å². The van der Waals surface area contributed by atoms with Gasteiger partial charge in [0.1, 0.15) is 23.5 Å². The van der Waals surface area contributed by atoms with Gasteiger partial charge in [0, 0.05) is 43.3 Å². The summed E-state index contributed by atoms with van der Waals surface area (Å²) >= 11 is 0. The molecule has 6 rings (SSSR count). The quantitative estimate of drug-likeness (QED) is 0.337. The highest BCUT2D eigenvalue weighted by molar-refractivity contribution is 5.74. The first-order chi connectivity index (χ1) is 21.1. The number of hydrogen-bond acceptors (Lipinski definition) is 8. The lowest BCUT2D eigenvalue weighted by molar-refractivity contribution is -0.142. The van der Waals surface area contributed by atoms with Crippen molar-refractivity contribution in [1.82, 2.24) is 19.9 Å². The summed E-state index contributed by atoms with van der Waals surface area (Å²) in [6, 6.07) is 8.00. The summed E-state index contributed by atoms with van der Waals surface area (Å²) in [6.07, 6.45) is -0.329. The Kier molecular flexibility index (Phi) is 9.28. The first-order valence-corrected chi connectivity index (χ1v) is 15.3. The summed E-state index contributed by atoms with van der Waals surface area (Å²) in [4.78, 5) is 31.3. The van der Waals surface area contributed by atoms with Gasteiger partial charge in [-0.2, -0.15) is 13.2 Å². The minimum atomic E-state index is -4.54. The lowest BCUT2D eigenvalue weighted by Crippen LogP contribution is -2.37. The van der Waals surface area contributed by atoms with Crippen LogP contribution in [-0.4, -0.2) is 63.7 Å². The van der Waals surface area contributed by atoms with Gasteiger partial charge < -0.3 is 20.2 Å². The number of benzene rings is 1. The maximum atomic E-state index is 13.8. The number of hydrogen-bond donors (Lipinski definition) is 2. The van der Waals surface area contributed by atoms with Gasteiger partial charge in [-0.3, -0.25) is 9.69 Å². The molecule has 0 saturated carbocycles. The Morgan fingerprint density at radius 3 is 2.66 bits per heavy atom. The predicted octanol–water partition coefficient (Wildman–Crippen LogP) is 6.22. The highest BCUT2D eigenvalue weighted by atomic mass is 19.4. The van der Waals surface area contributed by atoms with E-state index in [1.165, 1.54) is 17.8 Å². The molecule has 3 aliphatic rings. The summed E-state index contributed by atoms with van der Waals surface area (Å²) in [7, 11) is 2.08. The fraction of sp³-hybridized carbons (Fsp3) is 0.500. The van der Waals surface area contributed by atoms with Crippen molar-refractivity contribution in [1.29, 1.82) is 0 Å². The average Bonchev–Trinajstić information content (AvgIpc) is 3.48. The molecule has 0 bridgehead atoms. The van der Waals surface area contributed by atoms with Gasteiger partial charge in [0.05, 0.1) is 24.3 Å². The van der Waals surface area contributed by atoms with Gasteiger partial charge in [-0.15, -0.1) is 0 Å². The van der Waals surface area contributed by atoms with Crippen LogP contribution in [0.1, 0.15) is 74.2 Å². The van der Waals surface area contributed by atoms with E-state index in [0.29, 0.717) is 49.2 Å². The van der Waals surface area contributed by atoms with Crippen molar-refractivity contribution in [2.24, 2.45) is 0 Å². The molecule has 2 aromatic heterocycles. The van der Waals surface area contributed by atoms with Gasteiger partial charge in [0.15, 0.2) is 0 Å². The first kappa shape index (κ1) is 31.5. The Morgan fingerprint density at radius 1 is 1.11 bits per heavy atom. The summed E-state index contributed by atoms with van der Waals surface area (Å²) in [6.45, 7) is 8.50. The largest absolute Gasteiger partial charge is 0.480 e. The standard InChI is InChI=1S/C30H34F3N7O2.C2H6/c1-18-9-13-38(2)25-15-19(7-8-20(18)25)35-27-21-10-14-40(28-22(30(31,32)33)5-3-11-34-28)16-23(21)36-26(37-27)17-39-12-4-6-24(39)29(41)42;1-2/h3,5,7-8,11,15,18,24H,4,6,9-10,12-14,16-17H2,1-2H3,(H,41,42)(H,35,36,37);1-2H3. The first-order valence-electron chi connectivity index (χ1n) is 15.3. The fourth-order valence-corrected chi connectivity index (χ4v) is 6.35. The highest BCUT2D eigenvalue weighted by Crippen LogP contribution is 2.39. The highest BCUT2D eigenvalue weighted by Gasteiger charge is 2.37. The zero-order chi connectivity index (χ0) is 31.6. The Balaban J connectivity index is 0.00000188. The molecule has 1 saturated heterocycles. The molecule has 3 aliphatic heterocycles. The molecule has 5 heterocycles. The SMILES string of the molecule is CC.CC1CCN(C)c2cc(Nc3nc(CN4CCCC4C(=O)O)nc4c3CCN(c3ncccc3C(F)(F)F)C4)ccc21. The van der Waals surface area contributed by atoms with Crippen LogP contribution in [0.4, 0.5) is 36.2 Å². The second-order valence-electron chi connectivity index (χ2n) is 11.4. The number of alkyl halides is 3. The normalized spacial score (nSPS) is 20.0. The van der Waals surface area contributed by atoms with E-state index in [-0.39, 0.29) is 18.9 Å². The van der Waals surface area contributed by atoms with Crippen LogP contribution in [0.3, 0.4) is 0 Å². The molecule has 3 aromatic rings. The van der Waals surface area contributed by atoms with Crippen LogP contribution < -0.4 is 15.1 Å². The van der Waals surface area contributed by atoms with Crippen LogP contribution in [-0.2, 0) is 30.5 Å². The molecule has 0 aliphatic carbocycles. The van der Waals surface area contributed by atoms with Crippen molar-refractivity contribution in [3.05, 3.63) is 64.7 Å². The lowest BCUT2D eigenvalue weighted by Gasteiger charge is -2.33. The molecule has 2 atom stereocenters. The second-order valence-corrected chi connectivity index (χ2v) is 11.4. The van der Waals surface area contributed by atoms with Crippen LogP contribution >= 0.6 is 0 Å². The summed E-state index contributed by atoms with van der Waals surface area (Å²) in [5.74, 6) is 0.501. The van der Waals surface area contributed by atoms with Gasteiger partial charge in [0.25, 0.3) is 0 Å². The number of carboxylic acids is 1. The molecule has 12 heteroatoms. The van der Waals surface area contributed by atoms with E-state index in [2.05, 4.69) is 41.3 Å². The number of fused-ring (bicyclic) bond motifs is 2. The molecular weight excluding hydrogens is 571 g/mol. The molecule has 1 fully saturated rings. The van der Waals surface area contributed by atoms with Crippen LogP contribution in [0.15, 0.2) is 36.5 Å². The van der Waals surface area contributed by atoms with Crippen molar-refractivity contribution in [3.8, 4) is 0 Å². The maximum absolute atomic E-state index is 13.8. The van der Waals surface area contributed by atoms with E-state index in [0.717, 1.165) is 42.4 Å². The Morgan fingerprint density at radius 2 is 1.91 bits per heavy atom. The molecule has 236 valence electrons. The third-order valence-corrected chi connectivity index (χ3v) is 8.63. The number of anilines is 4. The monoisotopic (exact) mass is 611 g/mol. The number of aromatic nitrogens is 3. The van der Waals surface area contributed by atoms with Gasteiger partial charge in [-0.05, 0) is 68.0 Å². The van der Waals surface area contributed by atoms with Crippen molar-refractivity contribution in [3.63, 3.8) is 0 Å². The number of halogens is 3. The van der Waals surface area contributed by atoms with E-state index >= 15 is 0 Å². The van der Waals surface area contributed by atoms with Crippen LogP contribution in [0.2, 0.25) is 0 Å². The zero-order valence-corrected chi connectivity index (χ0v) is 25.7. The van der Waals surface area contributed by atoms with E-state index in [9.17, 15) is 23.1 Å². The Hall–Kier alpha value is -3.93. The topological polar surface area (TPSA) is 97.7 Å². The van der Waals surface area contributed by atoms with Crippen LogP contribution in [0, 0.1) is 0 Å². The van der Waals surface area contributed by atoms with Gasteiger partial charge in [-0.1, -0.05) is 26.8 Å². The third-order valence-electron chi connectivity index (χ3n) is 8.63. The third kappa shape index (κ3) is 6.45. The smallest absolute Gasteiger partial charge is 0.419 e. The van der Waals surface area contributed by atoms with E-state index in [1.54, 1.807) is 4.90 Å². The molecule has 1 aromatic carbocycles. The van der Waals surface area contributed by atoms with Crippen molar-refractivity contribution in [2.75, 3.05) is 41.8 Å². The number of rotatable bonds is 6. The van der Waals surface area contributed by atoms with Gasteiger partial charge in [-0.25, -0.2) is 15.0 Å². The van der Waals surface area contributed by atoms with Gasteiger partial charge in [0.2, 0.25) is 0 Å². The lowest BCUT2D eigenvalue weighted by atomic mass is 9.91. The number of carbonyl (C=O) groups is 1. The second kappa shape index (κ2) is 13.0. The molecular formula is C32H40F3N7O2. The predicted molar refractivity (Wildman–Crippen MR) is 164 cm³/mol. The van der Waals surface area contributed by atoms with Crippen LogP contribution in [0.25, 0.3) is 0 Å². The minimum absolute atomic E-state index is 0.123. The molecule has 9 nitrogen and oxygen atoms in total. The number of nitrogens with zero attached hydrogens (tertiary/aromatic N) is 6. The summed E-state index contributed by atoms with van der Waals surface area (Å²) in [5, 5.41) is 13.2. The molecule has 44 heavy (non-hydrogen) atoms. The Labute approximate surface area is 256 Å². The van der Waals surface area contributed by atoms with Crippen molar-refractivity contribution >= 4 is 29.0 Å². The van der Waals surface area contributed by atoms with Crippen LogP contribution in [0.5, 0.6) is 0 Å². The van der Waals surface area contributed by atoms with E-state index in [1.807, 2.05) is 24.8 Å². The number of pyridine rings is 1. The van der Waals surface area contributed by atoms with Crippen molar-refractivity contribution < 1.29 is 23.1 Å². The van der Waals surface area contributed by atoms with Crippen molar-refractivity contribution in [2.45, 2.75) is 77.7 Å². The number of likely N-dealkylation sites (tertiary alicyclic amines) is 1. The molecule has 0 radical (unpaired) electrons. The molecule has 0 spiro atoms. The summed E-state index contributed by atoms with van der Waals surface area (Å²) in [5.41, 5.74) is 3.98. The molecule has 2 N–H and O–H groups in total. The summed E-state index contributed by atoms with van der Waals surface area (Å²) < 4.78 is 41.4. The number of aliphatic carboxylic acids is 1. The molecule has 2 unspecified atom stereocenters. The van der Waals surface area contributed by atoms with E-state index in [4.69, 9.17) is 9.97 Å². The zero-order valence-electron chi connectivity index (χ0n) is 25.7. The average molecular weight is 612 g/mol. The number of carboxylic acid groups (broad SMARTS) is 1. The Bertz CT molecular complexity index is 1500. The van der Waals surface area contributed by atoms with E-state index < -0.39 is 23.8 Å². The number of nitrogens with one attached hydrogen (secondary N) is 1. The maximum Gasteiger partial charge on any atom is 0.419 e. The molecule has 0 amide bonds. The minimum Gasteiger partial charge on any atom is -0.480 e.